The van der Waals surface area contributed by atoms with Crippen LogP contribution in [0, 0.1) is 11.2 Å². The molecule has 1 saturated heterocycles. The van der Waals surface area contributed by atoms with E-state index in [1.54, 1.807) is 5.57 Å². The van der Waals surface area contributed by atoms with E-state index >= 15 is 0 Å². The highest BCUT2D eigenvalue weighted by atomic mass is 19.1. The third-order valence-corrected chi connectivity index (χ3v) is 7.86. The maximum absolute atomic E-state index is 13.9. The summed E-state index contributed by atoms with van der Waals surface area (Å²) in [6.45, 7) is 8.85. The standard InChI is InChI=1S/C27H38FN3O3/c1-18-5-4-11-27(2,3)23(18)10-13-31-20-7-8-21(31)17-30-26(33)22-15-19(28)6-9-24(22)34-14-12-29-25(32)16-20/h6,9,15,20-21H,4-5,7-8,10-14,16-17H2,1-3H3,(H,29,32)(H,30,33)/t20-,21+/m0/s1. The molecule has 0 unspecified atom stereocenters. The fourth-order valence-corrected chi connectivity index (χ4v) is 6.03. The van der Waals surface area contributed by atoms with Crippen molar-refractivity contribution in [2.75, 3.05) is 26.2 Å². The Morgan fingerprint density at radius 1 is 1.18 bits per heavy atom. The molecule has 0 spiro atoms. The molecule has 1 fully saturated rings. The zero-order valence-electron chi connectivity index (χ0n) is 20.7. The Bertz CT molecular complexity index is 958. The van der Waals surface area contributed by atoms with Crippen molar-refractivity contribution in [2.45, 2.75) is 77.8 Å². The van der Waals surface area contributed by atoms with Crippen LogP contribution in [0.25, 0.3) is 0 Å². The molecule has 7 heteroatoms. The van der Waals surface area contributed by atoms with Gasteiger partial charge in [0.1, 0.15) is 18.2 Å². The minimum absolute atomic E-state index is 0.0214. The van der Waals surface area contributed by atoms with Gasteiger partial charge in [-0.1, -0.05) is 25.0 Å². The van der Waals surface area contributed by atoms with Crippen LogP contribution in [0.2, 0.25) is 0 Å². The van der Waals surface area contributed by atoms with Crippen molar-refractivity contribution in [3.63, 3.8) is 0 Å². The first kappa shape index (κ1) is 24.7. The zero-order chi connectivity index (χ0) is 24.3. The fraction of sp³-hybridized carbons (Fsp3) is 0.630. The summed E-state index contributed by atoms with van der Waals surface area (Å²) in [6.07, 6.45) is 6.92. The summed E-state index contributed by atoms with van der Waals surface area (Å²) < 4.78 is 19.6. The molecule has 2 heterocycles. The molecule has 1 aliphatic carbocycles. The summed E-state index contributed by atoms with van der Waals surface area (Å²) in [4.78, 5) is 28.0. The van der Waals surface area contributed by atoms with Gasteiger partial charge < -0.3 is 15.4 Å². The van der Waals surface area contributed by atoms with E-state index in [2.05, 4.69) is 36.3 Å². The van der Waals surface area contributed by atoms with Crippen molar-refractivity contribution in [3.8, 4) is 5.75 Å². The molecule has 4 rings (SSSR count). The lowest BCUT2D eigenvalue weighted by atomic mass is 9.71. The van der Waals surface area contributed by atoms with E-state index < -0.39 is 5.82 Å². The minimum atomic E-state index is -0.479. The van der Waals surface area contributed by atoms with Crippen LogP contribution in [-0.4, -0.2) is 55.0 Å². The van der Waals surface area contributed by atoms with Crippen LogP contribution in [0.4, 0.5) is 4.39 Å². The normalized spacial score (nSPS) is 26.2. The molecule has 3 aliphatic rings. The van der Waals surface area contributed by atoms with Gasteiger partial charge in [0.25, 0.3) is 5.91 Å². The van der Waals surface area contributed by atoms with E-state index in [-0.39, 0.29) is 41.5 Å². The summed E-state index contributed by atoms with van der Waals surface area (Å²) in [7, 11) is 0. The van der Waals surface area contributed by atoms with Gasteiger partial charge in [0.2, 0.25) is 5.91 Å². The van der Waals surface area contributed by atoms with Gasteiger partial charge in [0, 0.05) is 31.6 Å². The number of rotatable bonds is 3. The van der Waals surface area contributed by atoms with Crippen LogP contribution in [-0.2, 0) is 4.79 Å². The van der Waals surface area contributed by atoms with E-state index in [1.807, 2.05) is 0 Å². The highest BCUT2D eigenvalue weighted by molar-refractivity contribution is 5.97. The Morgan fingerprint density at radius 3 is 2.76 bits per heavy atom. The average molecular weight is 472 g/mol. The summed E-state index contributed by atoms with van der Waals surface area (Å²) in [5.41, 5.74) is 3.46. The number of benzene rings is 1. The Labute approximate surface area is 202 Å². The first-order valence-electron chi connectivity index (χ1n) is 12.7. The number of halogens is 1. The fourth-order valence-electron chi connectivity index (χ4n) is 6.03. The zero-order valence-corrected chi connectivity index (χ0v) is 20.7. The Kier molecular flexibility index (Phi) is 7.60. The van der Waals surface area contributed by atoms with Crippen LogP contribution >= 0.6 is 0 Å². The molecule has 2 bridgehead atoms. The highest BCUT2D eigenvalue weighted by Crippen LogP contribution is 2.42. The van der Waals surface area contributed by atoms with Crippen molar-refractivity contribution in [1.82, 2.24) is 15.5 Å². The number of carbonyl (C=O) groups is 2. The summed E-state index contributed by atoms with van der Waals surface area (Å²) in [6, 6.07) is 4.27. The lowest BCUT2D eigenvalue weighted by molar-refractivity contribution is -0.122. The first-order valence-corrected chi connectivity index (χ1v) is 12.7. The van der Waals surface area contributed by atoms with Crippen LogP contribution in [0.15, 0.2) is 29.3 Å². The van der Waals surface area contributed by atoms with E-state index in [1.165, 1.54) is 43.0 Å². The van der Waals surface area contributed by atoms with Gasteiger partial charge in [-0.05, 0) is 69.1 Å². The molecule has 186 valence electrons. The van der Waals surface area contributed by atoms with Gasteiger partial charge in [-0.15, -0.1) is 0 Å². The lowest BCUT2D eigenvalue weighted by Crippen LogP contribution is -2.46. The molecule has 2 amide bonds. The number of allylic oxidation sites excluding steroid dienone is 1. The average Bonchev–Trinajstić information content (AvgIpc) is 3.15. The van der Waals surface area contributed by atoms with Crippen LogP contribution in [0.5, 0.6) is 5.75 Å². The van der Waals surface area contributed by atoms with Crippen molar-refractivity contribution in [3.05, 3.63) is 40.7 Å². The smallest absolute Gasteiger partial charge is 0.255 e. The molecular weight excluding hydrogens is 433 g/mol. The second kappa shape index (κ2) is 10.5. The van der Waals surface area contributed by atoms with Crippen molar-refractivity contribution < 1.29 is 18.7 Å². The SMILES string of the molecule is CC1=C(CCN2[C@@H]3CC[C@H]2CC(=O)NCCOc2ccc(F)cc2C(=O)NC3)C(C)(C)CCC1. The Morgan fingerprint density at radius 2 is 1.97 bits per heavy atom. The predicted octanol–water partition coefficient (Wildman–Crippen LogP) is 4.20. The number of amides is 2. The number of hydrogen-bond acceptors (Lipinski definition) is 4. The van der Waals surface area contributed by atoms with Gasteiger partial charge in [-0.2, -0.15) is 0 Å². The largest absolute Gasteiger partial charge is 0.491 e. The molecule has 1 aromatic rings. The van der Waals surface area contributed by atoms with E-state index in [9.17, 15) is 14.0 Å². The maximum Gasteiger partial charge on any atom is 0.255 e. The second-order valence-electron chi connectivity index (χ2n) is 10.6. The number of nitrogens with zero attached hydrogens (tertiary/aromatic N) is 1. The molecule has 34 heavy (non-hydrogen) atoms. The highest BCUT2D eigenvalue weighted by Gasteiger charge is 2.36. The molecule has 6 nitrogen and oxygen atoms in total. The van der Waals surface area contributed by atoms with Crippen LogP contribution in [0.3, 0.4) is 0 Å². The molecule has 0 aromatic heterocycles. The summed E-state index contributed by atoms with van der Waals surface area (Å²) in [5.74, 6) is -0.458. The topological polar surface area (TPSA) is 70.7 Å². The Hall–Kier alpha value is -2.41. The van der Waals surface area contributed by atoms with Crippen molar-refractivity contribution in [2.24, 2.45) is 5.41 Å². The summed E-state index contributed by atoms with van der Waals surface area (Å²) >= 11 is 0. The van der Waals surface area contributed by atoms with Crippen molar-refractivity contribution >= 4 is 11.8 Å². The third-order valence-electron chi connectivity index (χ3n) is 7.86. The summed E-state index contributed by atoms with van der Waals surface area (Å²) in [5, 5.41) is 5.96. The second-order valence-corrected chi connectivity index (χ2v) is 10.6. The molecule has 2 aliphatic heterocycles. The van der Waals surface area contributed by atoms with Gasteiger partial charge in [0.15, 0.2) is 0 Å². The number of nitrogens with one attached hydrogen (secondary N) is 2. The molecule has 0 radical (unpaired) electrons. The number of fused-ring (bicyclic) bond motifs is 3. The van der Waals surface area contributed by atoms with E-state index in [0.29, 0.717) is 25.3 Å². The number of carbonyl (C=O) groups excluding carboxylic acids is 2. The van der Waals surface area contributed by atoms with Gasteiger partial charge in [-0.3, -0.25) is 14.5 Å². The monoisotopic (exact) mass is 471 g/mol. The lowest BCUT2D eigenvalue weighted by Gasteiger charge is -2.37. The third kappa shape index (κ3) is 5.62. The van der Waals surface area contributed by atoms with E-state index in [4.69, 9.17) is 4.74 Å². The molecule has 2 atom stereocenters. The Balaban J connectivity index is 1.53. The molecule has 2 N–H and O–H groups in total. The number of hydrogen-bond donors (Lipinski definition) is 2. The maximum atomic E-state index is 13.9. The number of ether oxygens (including phenoxy) is 1. The first-order chi connectivity index (χ1) is 16.2. The molecular formula is C27H38FN3O3. The molecule has 0 saturated carbocycles. The van der Waals surface area contributed by atoms with Gasteiger partial charge in [-0.25, -0.2) is 4.39 Å². The van der Waals surface area contributed by atoms with Gasteiger partial charge in [0.05, 0.1) is 12.1 Å². The van der Waals surface area contributed by atoms with Crippen LogP contribution < -0.4 is 15.4 Å². The van der Waals surface area contributed by atoms with Crippen LogP contribution in [0.1, 0.15) is 76.1 Å². The quantitative estimate of drug-likeness (QED) is 0.648. The van der Waals surface area contributed by atoms with Crippen molar-refractivity contribution in [1.29, 1.82) is 0 Å². The molecule has 1 aromatic carbocycles. The van der Waals surface area contributed by atoms with E-state index in [0.717, 1.165) is 25.8 Å². The van der Waals surface area contributed by atoms with Gasteiger partial charge >= 0.3 is 0 Å². The minimum Gasteiger partial charge on any atom is -0.491 e. The predicted molar refractivity (Wildman–Crippen MR) is 130 cm³/mol.